The zero-order valence-corrected chi connectivity index (χ0v) is 6.77. The molecule has 1 saturated heterocycles. The van der Waals surface area contributed by atoms with E-state index in [1.165, 1.54) is 6.92 Å². The van der Waals surface area contributed by atoms with Gasteiger partial charge in [-0.15, -0.1) is 0 Å². The van der Waals surface area contributed by atoms with Gasteiger partial charge in [-0.25, -0.2) is 4.39 Å². The Kier molecular flexibility index (Phi) is 3.00. The Morgan fingerprint density at radius 3 is 2.91 bits per heavy atom. The van der Waals surface area contributed by atoms with Crippen molar-refractivity contribution < 1.29 is 9.18 Å². The van der Waals surface area contributed by atoms with Crippen LogP contribution in [0.1, 0.15) is 19.8 Å². The second kappa shape index (κ2) is 3.81. The molecule has 0 amide bonds. The largest absolute Gasteiger partial charge is 0.316 e. The molecule has 0 bridgehead atoms. The smallest absolute Gasteiger partial charge is 0.164 e. The molecule has 0 saturated carbocycles. The molecule has 64 valence electrons. The van der Waals surface area contributed by atoms with Crippen LogP contribution in [0.15, 0.2) is 0 Å². The van der Waals surface area contributed by atoms with Crippen molar-refractivity contribution in [2.24, 2.45) is 5.92 Å². The lowest BCUT2D eigenvalue weighted by molar-refractivity contribution is -0.123. The van der Waals surface area contributed by atoms with Crippen molar-refractivity contribution in [2.45, 2.75) is 25.9 Å². The Hall–Kier alpha value is -0.440. The van der Waals surface area contributed by atoms with Crippen LogP contribution in [0, 0.1) is 5.92 Å². The summed E-state index contributed by atoms with van der Waals surface area (Å²) in [5.74, 6) is -0.417. The topological polar surface area (TPSA) is 29.1 Å². The highest BCUT2D eigenvalue weighted by Crippen LogP contribution is 2.17. The van der Waals surface area contributed by atoms with Crippen molar-refractivity contribution in [3.8, 4) is 0 Å². The van der Waals surface area contributed by atoms with Gasteiger partial charge in [-0.2, -0.15) is 0 Å². The van der Waals surface area contributed by atoms with E-state index >= 15 is 0 Å². The lowest BCUT2D eigenvalue weighted by Crippen LogP contribution is -2.37. The second-order valence-corrected chi connectivity index (χ2v) is 3.12. The maximum absolute atomic E-state index is 13.0. The molecule has 2 nitrogen and oxygen atoms in total. The van der Waals surface area contributed by atoms with E-state index in [1.54, 1.807) is 0 Å². The summed E-state index contributed by atoms with van der Waals surface area (Å²) in [4.78, 5) is 10.6. The minimum absolute atomic E-state index is 0.0822. The standard InChI is InChI=1S/C8H14FNO/c1-6(11)8(9)7-3-2-4-10-5-7/h7-8,10H,2-5H2,1H3. The van der Waals surface area contributed by atoms with Gasteiger partial charge in [0.05, 0.1) is 0 Å². The number of Topliss-reactive ketones (excluding diaryl/α,β-unsaturated/α-hetero) is 1. The highest BCUT2D eigenvalue weighted by molar-refractivity contribution is 5.80. The van der Waals surface area contributed by atoms with E-state index in [2.05, 4.69) is 5.32 Å². The molecule has 2 unspecified atom stereocenters. The Balaban J connectivity index is 2.38. The van der Waals surface area contributed by atoms with Gasteiger partial charge in [-0.05, 0) is 26.3 Å². The number of alkyl halides is 1. The summed E-state index contributed by atoms with van der Waals surface area (Å²) in [5.41, 5.74) is 0. The van der Waals surface area contributed by atoms with Crippen LogP contribution >= 0.6 is 0 Å². The molecule has 1 aliphatic heterocycles. The summed E-state index contributed by atoms with van der Waals surface area (Å²) < 4.78 is 13.0. The van der Waals surface area contributed by atoms with E-state index in [-0.39, 0.29) is 11.7 Å². The maximum Gasteiger partial charge on any atom is 0.164 e. The molecule has 0 aliphatic carbocycles. The van der Waals surface area contributed by atoms with Gasteiger partial charge in [0.1, 0.15) is 0 Å². The summed E-state index contributed by atoms with van der Waals surface area (Å²) >= 11 is 0. The average molecular weight is 159 g/mol. The van der Waals surface area contributed by atoms with Crippen LogP contribution in [0.4, 0.5) is 4.39 Å². The van der Waals surface area contributed by atoms with Crippen LogP contribution in [-0.4, -0.2) is 25.0 Å². The van der Waals surface area contributed by atoms with Gasteiger partial charge in [-0.3, -0.25) is 4.79 Å². The maximum atomic E-state index is 13.0. The Morgan fingerprint density at radius 2 is 2.45 bits per heavy atom. The number of rotatable bonds is 2. The van der Waals surface area contributed by atoms with Crippen LogP contribution in [0.2, 0.25) is 0 Å². The van der Waals surface area contributed by atoms with Crippen molar-refractivity contribution in [3.63, 3.8) is 0 Å². The summed E-state index contributed by atoms with van der Waals surface area (Å²) in [7, 11) is 0. The third-order valence-electron chi connectivity index (χ3n) is 2.14. The molecule has 0 radical (unpaired) electrons. The molecule has 1 rings (SSSR count). The van der Waals surface area contributed by atoms with Gasteiger partial charge >= 0.3 is 0 Å². The Morgan fingerprint density at radius 1 is 1.73 bits per heavy atom. The number of ketones is 1. The zero-order valence-electron chi connectivity index (χ0n) is 6.77. The lowest BCUT2D eigenvalue weighted by Gasteiger charge is -2.24. The molecule has 1 aliphatic rings. The fourth-order valence-electron chi connectivity index (χ4n) is 1.46. The molecule has 11 heavy (non-hydrogen) atoms. The van der Waals surface area contributed by atoms with Crippen molar-refractivity contribution in [3.05, 3.63) is 0 Å². The number of nitrogens with one attached hydrogen (secondary N) is 1. The van der Waals surface area contributed by atoms with Crippen LogP contribution in [-0.2, 0) is 4.79 Å². The van der Waals surface area contributed by atoms with Crippen LogP contribution in [0.3, 0.4) is 0 Å². The number of piperidine rings is 1. The number of hydrogen-bond donors (Lipinski definition) is 1. The minimum Gasteiger partial charge on any atom is -0.316 e. The molecule has 0 spiro atoms. The zero-order chi connectivity index (χ0) is 8.27. The van der Waals surface area contributed by atoms with E-state index in [4.69, 9.17) is 0 Å². The van der Waals surface area contributed by atoms with Crippen LogP contribution < -0.4 is 5.32 Å². The molecule has 0 aromatic carbocycles. The first-order chi connectivity index (χ1) is 5.22. The summed E-state index contributed by atoms with van der Waals surface area (Å²) in [6.07, 6.45) is 0.578. The Labute approximate surface area is 66.2 Å². The predicted molar refractivity (Wildman–Crippen MR) is 41.2 cm³/mol. The van der Waals surface area contributed by atoms with Gasteiger partial charge in [0.25, 0.3) is 0 Å². The number of carbonyl (C=O) groups is 1. The first-order valence-electron chi connectivity index (χ1n) is 4.07. The second-order valence-electron chi connectivity index (χ2n) is 3.12. The van der Waals surface area contributed by atoms with E-state index in [9.17, 15) is 9.18 Å². The molecule has 2 atom stereocenters. The fourth-order valence-corrected chi connectivity index (χ4v) is 1.46. The molecule has 3 heteroatoms. The molecule has 0 aromatic heterocycles. The van der Waals surface area contributed by atoms with E-state index in [0.29, 0.717) is 6.54 Å². The van der Waals surface area contributed by atoms with Gasteiger partial charge in [-0.1, -0.05) is 0 Å². The molecular formula is C8H14FNO. The average Bonchev–Trinajstić information content (AvgIpc) is 2.05. The molecular weight excluding hydrogens is 145 g/mol. The molecule has 1 fully saturated rings. The normalized spacial score (nSPS) is 28.0. The third kappa shape index (κ3) is 2.26. The summed E-state index contributed by atoms with van der Waals surface area (Å²) in [6.45, 7) is 2.93. The summed E-state index contributed by atoms with van der Waals surface area (Å²) in [6, 6.07) is 0. The van der Waals surface area contributed by atoms with Gasteiger partial charge in [0.15, 0.2) is 12.0 Å². The first kappa shape index (κ1) is 8.65. The molecule has 0 aromatic rings. The number of carbonyl (C=O) groups excluding carboxylic acids is 1. The van der Waals surface area contributed by atoms with Crippen LogP contribution in [0.5, 0.6) is 0 Å². The minimum atomic E-state index is -1.25. The molecule has 1 heterocycles. The number of hydrogen-bond acceptors (Lipinski definition) is 2. The quantitative estimate of drug-likeness (QED) is 0.649. The van der Waals surface area contributed by atoms with Crippen molar-refractivity contribution in [1.82, 2.24) is 5.32 Å². The summed E-state index contributed by atoms with van der Waals surface area (Å²) in [5, 5.41) is 3.08. The SMILES string of the molecule is CC(=O)C(F)C1CCCNC1. The monoisotopic (exact) mass is 159 g/mol. The highest BCUT2D eigenvalue weighted by Gasteiger charge is 2.26. The lowest BCUT2D eigenvalue weighted by atomic mass is 9.93. The first-order valence-corrected chi connectivity index (χ1v) is 4.07. The van der Waals surface area contributed by atoms with Gasteiger partial charge < -0.3 is 5.32 Å². The Bertz CT molecular complexity index is 143. The van der Waals surface area contributed by atoms with E-state index in [1.807, 2.05) is 0 Å². The van der Waals surface area contributed by atoms with Crippen molar-refractivity contribution in [2.75, 3.05) is 13.1 Å². The number of halogens is 1. The fraction of sp³-hybridized carbons (Fsp3) is 0.875. The third-order valence-corrected chi connectivity index (χ3v) is 2.14. The van der Waals surface area contributed by atoms with Crippen molar-refractivity contribution >= 4 is 5.78 Å². The van der Waals surface area contributed by atoms with E-state index in [0.717, 1.165) is 19.4 Å². The van der Waals surface area contributed by atoms with Gasteiger partial charge in [0.2, 0.25) is 0 Å². The van der Waals surface area contributed by atoms with Crippen LogP contribution in [0.25, 0.3) is 0 Å². The van der Waals surface area contributed by atoms with Crippen molar-refractivity contribution in [1.29, 1.82) is 0 Å². The van der Waals surface area contributed by atoms with Gasteiger partial charge in [0, 0.05) is 12.5 Å². The highest BCUT2D eigenvalue weighted by atomic mass is 19.1. The predicted octanol–water partition coefficient (Wildman–Crippen LogP) is 0.913. The van der Waals surface area contributed by atoms with E-state index < -0.39 is 6.17 Å². The molecule has 1 N–H and O–H groups in total.